The van der Waals surface area contributed by atoms with Gasteiger partial charge in [-0.2, -0.15) is 0 Å². The van der Waals surface area contributed by atoms with Crippen molar-refractivity contribution in [3.05, 3.63) is 35.4 Å². The van der Waals surface area contributed by atoms with Crippen LogP contribution in [0.3, 0.4) is 0 Å². The molecule has 17 heavy (non-hydrogen) atoms. The summed E-state index contributed by atoms with van der Waals surface area (Å²) in [7, 11) is 0. The second-order valence-electron chi connectivity index (χ2n) is 5.50. The normalized spacial score (nSPS) is 15.7. The maximum atomic E-state index is 13.5. The summed E-state index contributed by atoms with van der Waals surface area (Å²) in [6.07, 6.45) is 0. The first-order chi connectivity index (χ1) is 7.62. The van der Waals surface area contributed by atoms with Gasteiger partial charge in [0, 0.05) is 23.7 Å². The molecule has 0 amide bonds. The molecule has 0 aliphatic heterocycles. The minimum absolute atomic E-state index is 0.0932. The highest BCUT2D eigenvalue weighted by molar-refractivity contribution is 5.24. The molecule has 0 heterocycles. The van der Waals surface area contributed by atoms with Crippen molar-refractivity contribution in [2.45, 2.75) is 38.8 Å². The van der Waals surface area contributed by atoms with Crippen molar-refractivity contribution in [1.82, 2.24) is 5.32 Å². The number of β-amino-alcohol motifs (C(OH)–C–C–N with tert-alkyl or cyclic N) is 1. The fraction of sp³-hybridized carbons (Fsp3) is 0.538. The molecule has 96 valence electrons. The molecular formula is C13H19F2NO. The number of nitrogens with one attached hydrogen (secondary N) is 1. The summed E-state index contributed by atoms with van der Waals surface area (Å²) in [5, 5.41) is 13.3. The average molecular weight is 243 g/mol. The van der Waals surface area contributed by atoms with Crippen molar-refractivity contribution in [1.29, 1.82) is 0 Å². The Bertz CT molecular complexity index is 397. The third kappa shape index (κ3) is 4.06. The van der Waals surface area contributed by atoms with Crippen LogP contribution in [-0.4, -0.2) is 17.2 Å². The molecule has 1 rings (SSSR count). The van der Waals surface area contributed by atoms with Gasteiger partial charge in [-0.3, -0.25) is 0 Å². The lowest BCUT2D eigenvalue weighted by atomic mass is 9.94. The van der Waals surface area contributed by atoms with Gasteiger partial charge in [-0.15, -0.1) is 0 Å². The van der Waals surface area contributed by atoms with Crippen LogP contribution in [0.2, 0.25) is 0 Å². The molecule has 0 fully saturated rings. The first-order valence-corrected chi connectivity index (χ1v) is 5.55. The smallest absolute Gasteiger partial charge is 0.132 e. The van der Waals surface area contributed by atoms with Gasteiger partial charge in [-0.25, -0.2) is 8.78 Å². The number of hydrogen-bond acceptors (Lipinski definition) is 2. The van der Waals surface area contributed by atoms with E-state index >= 15 is 0 Å². The molecule has 1 atom stereocenters. The van der Waals surface area contributed by atoms with E-state index in [0.717, 1.165) is 12.1 Å². The highest BCUT2D eigenvalue weighted by atomic mass is 19.1. The Labute approximate surface area is 101 Å². The zero-order valence-electron chi connectivity index (χ0n) is 10.6. The van der Waals surface area contributed by atoms with Crippen molar-refractivity contribution in [2.75, 3.05) is 6.54 Å². The van der Waals surface area contributed by atoms with Gasteiger partial charge in [-0.05, 0) is 33.8 Å². The van der Waals surface area contributed by atoms with E-state index in [4.69, 9.17) is 0 Å². The van der Waals surface area contributed by atoms with E-state index in [0.29, 0.717) is 0 Å². The molecule has 0 aliphatic rings. The second-order valence-corrected chi connectivity index (χ2v) is 5.50. The van der Waals surface area contributed by atoms with E-state index < -0.39 is 17.2 Å². The predicted octanol–water partition coefficient (Wildman–Crippen LogP) is 2.56. The zero-order valence-corrected chi connectivity index (χ0v) is 10.6. The van der Waals surface area contributed by atoms with Crippen LogP contribution in [0.15, 0.2) is 18.2 Å². The summed E-state index contributed by atoms with van der Waals surface area (Å²) in [6.45, 7) is 7.54. The quantitative estimate of drug-likeness (QED) is 0.855. The number of aliphatic hydroxyl groups is 1. The Morgan fingerprint density at radius 1 is 1.18 bits per heavy atom. The number of hydrogen-bond donors (Lipinski definition) is 2. The zero-order chi connectivity index (χ0) is 13.3. The summed E-state index contributed by atoms with van der Waals surface area (Å²) in [5.74, 6) is -1.38. The van der Waals surface area contributed by atoms with Gasteiger partial charge in [0.2, 0.25) is 0 Å². The Morgan fingerprint density at radius 3 is 2.24 bits per heavy atom. The van der Waals surface area contributed by atoms with Gasteiger partial charge in [-0.1, -0.05) is 6.07 Å². The van der Waals surface area contributed by atoms with E-state index in [1.165, 1.54) is 13.0 Å². The summed E-state index contributed by atoms with van der Waals surface area (Å²) in [6, 6.07) is 3.19. The lowest BCUT2D eigenvalue weighted by Gasteiger charge is -2.30. The molecule has 4 heteroatoms. The van der Waals surface area contributed by atoms with Crippen LogP contribution >= 0.6 is 0 Å². The summed E-state index contributed by atoms with van der Waals surface area (Å²) >= 11 is 0. The maximum absolute atomic E-state index is 13.5. The topological polar surface area (TPSA) is 32.3 Å². The Morgan fingerprint density at radius 2 is 1.76 bits per heavy atom. The highest BCUT2D eigenvalue weighted by Crippen LogP contribution is 2.24. The molecule has 1 aromatic carbocycles. The molecule has 1 unspecified atom stereocenters. The molecule has 0 saturated carbocycles. The van der Waals surface area contributed by atoms with E-state index in [-0.39, 0.29) is 17.6 Å². The fourth-order valence-corrected chi connectivity index (χ4v) is 1.46. The number of benzene rings is 1. The largest absolute Gasteiger partial charge is 0.384 e. The summed E-state index contributed by atoms with van der Waals surface area (Å²) in [5.41, 5.74) is -1.46. The minimum atomic E-state index is -1.37. The van der Waals surface area contributed by atoms with Gasteiger partial charge >= 0.3 is 0 Å². The van der Waals surface area contributed by atoms with Crippen molar-refractivity contribution in [3.63, 3.8) is 0 Å². The first kappa shape index (κ1) is 14.1. The lowest BCUT2D eigenvalue weighted by Crippen LogP contribution is -2.45. The van der Waals surface area contributed by atoms with Crippen LogP contribution in [0.1, 0.15) is 33.3 Å². The Balaban J connectivity index is 2.89. The second kappa shape index (κ2) is 4.70. The molecular weight excluding hydrogens is 224 g/mol. The van der Waals surface area contributed by atoms with Crippen LogP contribution in [-0.2, 0) is 5.60 Å². The number of halogens is 2. The third-order valence-corrected chi connectivity index (χ3v) is 2.47. The SMILES string of the molecule is CC(C)(C)NCC(C)(O)c1ccc(F)cc1F. The van der Waals surface area contributed by atoms with Crippen molar-refractivity contribution >= 4 is 0 Å². The molecule has 2 N–H and O–H groups in total. The molecule has 0 radical (unpaired) electrons. The summed E-state index contributed by atoms with van der Waals surface area (Å²) < 4.78 is 26.3. The molecule has 2 nitrogen and oxygen atoms in total. The molecule has 0 aliphatic carbocycles. The average Bonchev–Trinajstić information content (AvgIpc) is 2.13. The monoisotopic (exact) mass is 243 g/mol. The maximum Gasteiger partial charge on any atom is 0.132 e. The van der Waals surface area contributed by atoms with E-state index in [1.807, 2.05) is 20.8 Å². The Hall–Kier alpha value is -1.00. The van der Waals surface area contributed by atoms with Crippen LogP contribution in [0, 0.1) is 11.6 Å². The highest BCUT2D eigenvalue weighted by Gasteiger charge is 2.28. The molecule has 0 bridgehead atoms. The van der Waals surface area contributed by atoms with Gasteiger partial charge in [0.25, 0.3) is 0 Å². The van der Waals surface area contributed by atoms with Crippen molar-refractivity contribution in [2.24, 2.45) is 0 Å². The fourth-order valence-electron chi connectivity index (χ4n) is 1.46. The first-order valence-electron chi connectivity index (χ1n) is 5.55. The van der Waals surface area contributed by atoms with Crippen LogP contribution in [0.25, 0.3) is 0 Å². The van der Waals surface area contributed by atoms with Crippen LogP contribution in [0.5, 0.6) is 0 Å². The molecule has 0 aromatic heterocycles. The lowest BCUT2D eigenvalue weighted by molar-refractivity contribution is 0.0465. The number of rotatable bonds is 3. The van der Waals surface area contributed by atoms with Gasteiger partial charge in [0.15, 0.2) is 0 Å². The molecule has 0 saturated heterocycles. The summed E-state index contributed by atoms with van der Waals surface area (Å²) in [4.78, 5) is 0. The Kier molecular flexibility index (Phi) is 3.89. The van der Waals surface area contributed by atoms with Crippen LogP contribution < -0.4 is 5.32 Å². The third-order valence-electron chi connectivity index (χ3n) is 2.47. The van der Waals surface area contributed by atoms with Crippen molar-refractivity contribution in [3.8, 4) is 0 Å². The molecule has 1 aromatic rings. The minimum Gasteiger partial charge on any atom is -0.384 e. The van der Waals surface area contributed by atoms with Gasteiger partial charge in [0.1, 0.15) is 17.2 Å². The van der Waals surface area contributed by atoms with Crippen molar-refractivity contribution < 1.29 is 13.9 Å². The van der Waals surface area contributed by atoms with E-state index in [9.17, 15) is 13.9 Å². The van der Waals surface area contributed by atoms with Gasteiger partial charge < -0.3 is 10.4 Å². The van der Waals surface area contributed by atoms with Crippen LogP contribution in [0.4, 0.5) is 8.78 Å². The standard InChI is InChI=1S/C13H19F2NO/c1-12(2,3)16-8-13(4,17)10-6-5-9(14)7-11(10)15/h5-7,16-17H,8H2,1-4H3. The molecule has 0 spiro atoms. The van der Waals surface area contributed by atoms with E-state index in [1.54, 1.807) is 0 Å². The van der Waals surface area contributed by atoms with Gasteiger partial charge in [0.05, 0.1) is 0 Å². The predicted molar refractivity (Wildman–Crippen MR) is 63.7 cm³/mol. The van der Waals surface area contributed by atoms with E-state index in [2.05, 4.69) is 5.32 Å².